The molecule has 3 fully saturated rings. The number of carbonyl (C=O) groups is 7. The van der Waals surface area contributed by atoms with Crippen molar-refractivity contribution in [2.75, 3.05) is 124 Å². The molecule has 6 aromatic heterocycles. The summed E-state index contributed by atoms with van der Waals surface area (Å²) in [6.45, 7) is 4.29. The van der Waals surface area contributed by atoms with Crippen LogP contribution in [0.3, 0.4) is 0 Å². The predicted molar refractivity (Wildman–Crippen MR) is 352 cm³/mol. The average Bonchev–Trinajstić information content (AvgIpc) is 1.68. The number of rotatable bonds is 15. The van der Waals surface area contributed by atoms with E-state index in [1.165, 1.54) is 63.5 Å². The highest BCUT2D eigenvalue weighted by Gasteiger charge is 2.45. The van der Waals surface area contributed by atoms with Gasteiger partial charge in [0.15, 0.2) is 17.5 Å². The number of anilines is 9. The zero-order valence-corrected chi connectivity index (χ0v) is 54.8. The Morgan fingerprint density at radius 3 is 1.48 bits per heavy atom. The predicted octanol–water partition coefficient (Wildman–Crippen LogP) is 6.39. The van der Waals surface area contributed by atoms with Crippen LogP contribution in [0.25, 0.3) is 0 Å². The third kappa shape index (κ3) is 17.1. The molecule has 7 aliphatic rings. The Labute approximate surface area is 579 Å². The van der Waals surface area contributed by atoms with Crippen molar-refractivity contribution in [3.8, 4) is 11.5 Å². The fourth-order valence-corrected chi connectivity index (χ4v) is 12.2. The van der Waals surface area contributed by atoms with Crippen molar-refractivity contribution in [3.63, 3.8) is 0 Å². The summed E-state index contributed by atoms with van der Waals surface area (Å²) in [5.74, 6) is -1.09. The van der Waals surface area contributed by atoms with E-state index < -0.39 is 78.9 Å². The van der Waals surface area contributed by atoms with Gasteiger partial charge in [-0.3, -0.25) is 49.8 Å². The number of aliphatic hydroxyl groups excluding tert-OH is 2. The summed E-state index contributed by atoms with van der Waals surface area (Å²) < 4.78 is 126. The number of fused-ring (bicyclic) bond motifs is 13. The third-order valence-corrected chi connectivity index (χ3v) is 17.3. The topological polar surface area (TPSA) is 359 Å². The van der Waals surface area contributed by atoms with Gasteiger partial charge in [0.2, 0.25) is 0 Å². The van der Waals surface area contributed by atoms with E-state index in [-0.39, 0.29) is 96.2 Å². The van der Waals surface area contributed by atoms with Gasteiger partial charge in [0.1, 0.15) is 71.3 Å². The number of nitrogens with one attached hydrogen (secondary N) is 7. The van der Waals surface area contributed by atoms with E-state index in [2.05, 4.69) is 51.2 Å². The summed E-state index contributed by atoms with van der Waals surface area (Å²) in [5, 5.41) is 33.9. The van der Waals surface area contributed by atoms with Gasteiger partial charge in [-0.05, 0) is 112 Å². The summed E-state index contributed by atoms with van der Waals surface area (Å²) in [4.78, 5) is 124. The molecule has 0 spiro atoms. The lowest BCUT2D eigenvalue weighted by Gasteiger charge is -2.35. The van der Waals surface area contributed by atoms with Gasteiger partial charge in [0.25, 0.3) is 23.6 Å². The van der Waals surface area contributed by atoms with Crippen LogP contribution in [0.4, 0.5) is 106 Å². The number of carbonyl (C=O) groups excluding carboxylic acids is 7. The number of urea groups is 3. The van der Waals surface area contributed by atoms with Gasteiger partial charge in [-0.25, -0.2) is 44.3 Å². The molecule has 13 heterocycles. The minimum atomic E-state index is -4.61. The van der Waals surface area contributed by atoms with E-state index in [9.17, 15) is 73.1 Å². The number of aryl methyl sites for hydroxylation is 1. The smallest absolute Gasteiger partial charge is 0.408 e. The summed E-state index contributed by atoms with van der Waals surface area (Å²) >= 11 is 0. The van der Waals surface area contributed by atoms with Gasteiger partial charge in [0, 0.05) is 69.8 Å². The molecule has 5 atom stereocenters. The summed E-state index contributed by atoms with van der Waals surface area (Å²) in [6, 6.07) is 9.98. The number of hydrogen-bond acceptors (Lipinski definition) is 20. The van der Waals surface area contributed by atoms with E-state index >= 15 is 0 Å². The molecular weight excluding hydrogens is 1380 g/mol. The number of hydrogen-bond donors (Lipinski definition) is 9. The lowest BCUT2D eigenvalue weighted by molar-refractivity contribution is -0.149. The quantitative estimate of drug-likeness (QED) is 0.0502. The van der Waals surface area contributed by atoms with E-state index in [1.54, 1.807) is 36.5 Å². The Bertz CT molecular complexity index is 4200. The molecule has 6 aromatic rings. The molecule has 0 aromatic carbocycles. The highest BCUT2D eigenvalue weighted by atomic mass is 19.4. The van der Waals surface area contributed by atoms with Crippen LogP contribution in [-0.2, 0) is 6.42 Å². The fourth-order valence-electron chi connectivity index (χ4n) is 12.2. The van der Waals surface area contributed by atoms with Crippen molar-refractivity contribution in [2.45, 2.75) is 94.7 Å². The first-order valence-corrected chi connectivity index (χ1v) is 32.4. The van der Waals surface area contributed by atoms with Gasteiger partial charge in [0.05, 0.1) is 61.2 Å². The number of aliphatic hydroxyl groups is 2. The zero-order chi connectivity index (χ0) is 73.7. The minimum Gasteiger partial charge on any atom is -0.492 e. The maximum Gasteiger partial charge on any atom is 0.408 e. The van der Waals surface area contributed by atoms with Crippen molar-refractivity contribution in [1.29, 1.82) is 0 Å². The van der Waals surface area contributed by atoms with Crippen LogP contribution in [0.15, 0.2) is 85.3 Å². The van der Waals surface area contributed by atoms with Gasteiger partial charge >= 0.3 is 36.6 Å². The first-order chi connectivity index (χ1) is 49.0. The molecule has 0 radical (unpaired) electrons. The first-order valence-electron chi connectivity index (χ1n) is 32.4. The van der Waals surface area contributed by atoms with Crippen molar-refractivity contribution >= 4 is 93.7 Å². The lowest BCUT2D eigenvalue weighted by atomic mass is 10.1. The number of ether oxygens (including phenoxy) is 2. The Morgan fingerprint density at radius 2 is 1.02 bits per heavy atom. The number of amides is 10. The molecule has 0 saturated carbocycles. The first kappa shape index (κ1) is 73.1. The monoisotopic (exact) mass is 1450 g/mol. The molecule has 103 heavy (non-hydrogen) atoms. The number of halogens is 9. The van der Waals surface area contributed by atoms with E-state index in [4.69, 9.17) is 19.7 Å². The normalized spacial score (nSPS) is 17.9. The molecule has 3 saturated heterocycles. The molecule has 39 heteroatoms. The minimum absolute atomic E-state index is 0.0644. The van der Waals surface area contributed by atoms with Crippen LogP contribution < -0.4 is 76.1 Å². The summed E-state index contributed by atoms with van der Waals surface area (Å²) in [7, 11) is 0. The molecule has 13 rings (SSSR count). The maximum absolute atomic E-state index is 13.3. The standard InChI is InChI=1S/C22H24F3N7O4.C21H23F3N6O4.C21H21F3N6O3/c1-12(22(23,24)25)28-20(35)15-2-3-16-18(29-15)32(14-5-8-31(16)11-14)21(36)30-17-10-13(4-6-26-17)19(34)27-7-9-33;1-12(21(22,23)24)26-19(32)15-2-3-16-18(27-15)30(13-5-7-29(16)11-13)20(33)28-17-10-14(4-6-25-17)34-9-8-31;22-21(23,24)11-26-19(31)14-3-4-15-18(27-14)30(13-5-6-29(15)10-13)20(32)28-17-8-12-2-1-7-33-16(12)9-25-17/h2-4,6,10,12,14,33H,5,7-9,11H2,1H3,(H,27,34)(H,28,35)(H,26,30,36);2-4,6,10,12-13,31H,5,7-9,11H2,1H3,(H,26,32)(H,25,28,33);3-4,8-9,13H,1-2,5-7,10-11H2,(H,26,31)(H,25,28,32)/t12-,14+;12-,13+;13-/m110/s1. The van der Waals surface area contributed by atoms with Gasteiger partial charge in [-0.15, -0.1) is 0 Å². The van der Waals surface area contributed by atoms with Crippen LogP contribution >= 0.6 is 0 Å². The summed E-state index contributed by atoms with van der Waals surface area (Å²) in [5.41, 5.74) is 2.33. The average molecular weight is 1450 g/mol. The molecule has 30 nitrogen and oxygen atoms in total. The SMILES string of the molecule is C[C@@H](NC(=O)c1ccc2c(n1)N(C(=O)Nc1cc(C(=O)NCCO)ccn1)[C@H]1CCN2C1)C(F)(F)F.C[C@@H](NC(=O)c1ccc2c(n1)N(C(=O)Nc1cc(OCCO)ccn1)[C@H]1CCN2C1)C(F)(F)F.O=C(NCC(F)(F)F)c1ccc2c(n1)N(C(=O)Nc1cc3c(cn1)OCCC3)[C@H]1CCN2C1. The molecule has 548 valence electrons. The second kappa shape index (κ2) is 30.6. The van der Waals surface area contributed by atoms with Crippen LogP contribution in [0.2, 0.25) is 0 Å². The second-order valence-electron chi connectivity index (χ2n) is 24.4. The molecule has 7 aliphatic heterocycles. The van der Waals surface area contributed by atoms with Crippen LogP contribution in [0, 0.1) is 0 Å². The van der Waals surface area contributed by atoms with Gasteiger partial charge in [-0.2, -0.15) is 39.5 Å². The van der Waals surface area contributed by atoms with Gasteiger partial charge in [-0.1, -0.05) is 0 Å². The Morgan fingerprint density at radius 1 is 0.563 bits per heavy atom. The number of aromatic nitrogens is 6. The molecule has 0 aliphatic carbocycles. The number of nitrogens with zero attached hydrogens (tertiary/aromatic N) is 12. The largest absolute Gasteiger partial charge is 0.492 e. The van der Waals surface area contributed by atoms with Crippen molar-refractivity contribution in [1.82, 2.24) is 51.2 Å². The Hall–Kier alpha value is -11.1. The van der Waals surface area contributed by atoms with E-state index in [0.29, 0.717) is 99.5 Å². The Kier molecular flexibility index (Phi) is 21.7. The number of pyridine rings is 6. The van der Waals surface area contributed by atoms with E-state index in [1.807, 2.05) is 30.7 Å². The second-order valence-corrected chi connectivity index (χ2v) is 24.4. The molecular formula is C64H68F9N19O11. The zero-order valence-electron chi connectivity index (χ0n) is 54.8. The van der Waals surface area contributed by atoms with E-state index in [0.717, 1.165) is 32.3 Å². The fraction of sp³-hybridized carbons (Fsp3) is 0.422. The van der Waals surface area contributed by atoms with Crippen LogP contribution in [0.1, 0.15) is 86.9 Å². The van der Waals surface area contributed by atoms with Crippen molar-refractivity contribution < 1.29 is 92.8 Å². The maximum atomic E-state index is 13.3. The highest BCUT2D eigenvalue weighted by Crippen LogP contribution is 2.43. The summed E-state index contributed by atoms with van der Waals surface area (Å²) in [6.07, 6.45) is -5.71. The Balaban J connectivity index is 0.000000155. The third-order valence-electron chi connectivity index (χ3n) is 17.3. The molecule has 0 unspecified atom stereocenters. The molecule has 6 bridgehead atoms. The molecule has 9 N–H and O–H groups in total. The molecule has 10 amide bonds. The highest BCUT2D eigenvalue weighted by molar-refractivity contribution is 6.08. The number of alkyl halides is 9. The van der Waals surface area contributed by atoms with Crippen molar-refractivity contribution in [3.05, 3.63) is 114 Å². The van der Waals surface area contributed by atoms with Crippen LogP contribution in [-0.4, -0.2) is 209 Å². The lowest BCUT2D eigenvalue weighted by Crippen LogP contribution is -2.49. The van der Waals surface area contributed by atoms with Gasteiger partial charge < -0.3 is 55.7 Å². The van der Waals surface area contributed by atoms with Crippen LogP contribution in [0.5, 0.6) is 11.5 Å². The van der Waals surface area contributed by atoms with Crippen molar-refractivity contribution in [2.24, 2.45) is 0 Å².